The van der Waals surface area contributed by atoms with Crippen molar-refractivity contribution in [1.29, 1.82) is 0 Å². The lowest BCUT2D eigenvalue weighted by molar-refractivity contribution is -0.118. The molecule has 0 bridgehead atoms. The number of anilines is 1. The third kappa shape index (κ3) is 2.87. The van der Waals surface area contributed by atoms with E-state index in [2.05, 4.69) is 5.32 Å². The van der Waals surface area contributed by atoms with Gasteiger partial charge < -0.3 is 10.2 Å². The second kappa shape index (κ2) is 5.88. The van der Waals surface area contributed by atoms with Crippen molar-refractivity contribution in [2.75, 3.05) is 11.4 Å². The van der Waals surface area contributed by atoms with Crippen LogP contribution in [0.15, 0.2) is 36.4 Å². The fourth-order valence-corrected chi connectivity index (χ4v) is 3.25. The average molecular weight is 318 g/mol. The van der Waals surface area contributed by atoms with Crippen LogP contribution in [0.1, 0.15) is 21.0 Å². The maximum Gasteiger partial charge on any atom is 0.262 e. The van der Waals surface area contributed by atoms with E-state index in [1.807, 2.05) is 13.0 Å². The average Bonchev–Trinajstić information content (AvgIpc) is 3.08. The second-order valence-electron chi connectivity index (χ2n) is 5.19. The highest BCUT2D eigenvalue weighted by Gasteiger charge is 2.33. The Kier molecular flexibility index (Phi) is 3.94. The molecule has 114 valence electrons. The van der Waals surface area contributed by atoms with Gasteiger partial charge in [0.05, 0.1) is 4.88 Å². The van der Waals surface area contributed by atoms with Gasteiger partial charge in [0.25, 0.3) is 5.91 Å². The zero-order valence-corrected chi connectivity index (χ0v) is 12.8. The number of nitrogens with zero attached hydrogens (tertiary/aromatic N) is 1. The number of carbonyl (C=O) groups is 2. The van der Waals surface area contributed by atoms with Crippen molar-refractivity contribution in [2.24, 2.45) is 0 Å². The van der Waals surface area contributed by atoms with E-state index in [4.69, 9.17) is 0 Å². The molecule has 1 N–H and O–H groups in total. The molecular formula is C16H15FN2O2S. The van der Waals surface area contributed by atoms with Crippen LogP contribution in [-0.4, -0.2) is 24.4 Å². The minimum Gasteiger partial charge on any atom is -0.339 e. The summed E-state index contributed by atoms with van der Waals surface area (Å²) in [4.78, 5) is 27.7. The minimum absolute atomic E-state index is 0.159. The van der Waals surface area contributed by atoms with Gasteiger partial charge >= 0.3 is 0 Å². The van der Waals surface area contributed by atoms with E-state index in [0.29, 0.717) is 23.5 Å². The highest BCUT2D eigenvalue weighted by molar-refractivity contribution is 7.13. The van der Waals surface area contributed by atoms with Crippen LogP contribution in [-0.2, 0) is 4.79 Å². The molecule has 22 heavy (non-hydrogen) atoms. The van der Waals surface area contributed by atoms with Crippen LogP contribution < -0.4 is 10.2 Å². The molecule has 2 aromatic rings. The number of benzene rings is 1. The summed E-state index contributed by atoms with van der Waals surface area (Å²) in [6, 6.07) is 8.89. The second-order valence-corrected chi connectivity index (χ2v) is 6.48. The number of hydrogen-bond donors (Lipinski definition) is 1. The molecule has 1 aliphatic heterocycles. The SMILES string of the molecule is Cc1ccc(C(=O)N[C@@H]2CCN(c3ccc(F)cc3)C2=O)s1. The summed E-state index contributed by atoms with van der Waals surface area (Å²) < 4.78 is 12.9. The lowest BCUT2D eigenvalue weighted by Crippen LogP contribution is -2.41. The number of amides is 2. The van der Waals surface area contributed by atoms with Crippen molar-refractivity contribution in [2.45, 2.75) is 19.4 Å². The van der Waals surface area contributed by atoms with E-state index in [1.54, 1.807) is 23.1 Å². The molecule has 2 heterocycles. The van der Waals surface area contributed by atoms with Crippen LogP contribution >= 0.6 is 11.3 Å². The van der Waals surface area contributed by atoms with E-state index in [0.717, 1.165) is 4.88 Å². The molecule has 0 spiro atoms. The maximum absolute atomic E-state index is 12.9. The Morgan fingerprint density at radius 3 is 2.64 bits per heavy atom. The van der Waals surface area contributed by atoms with Gasteiger partial charge in [-0.1, -0.05) is 0 Å². The summed E-state index contributed by atoms with van der Waals surface area (Å²) in [7, 11) is 0. The van der Waals surface area contributed by atoms with Crippen molar-refractivity contribution in [1.82, 2.24) is 5.32 Å². The largest absolute Gasteiger partial charge is 0.339 e. The molecular weight excluding hydrogens is 303 g/mol. The van der Waals surface area contributed by atoms with Crippen molar-refractivity contribution in [3.63, 3.8) is 0 Å². The first-order valence-electron chi connectivity index (χ1n) is 6.99. The molecule has 1 fully saturated rings. The van der Waals surface area contributed by atoms with Crippen LogP contribution in [0, 0.1) is 12.7 Å². The van der Waals surface area contributed by atoms with Crippen LogP contribution in [0.4, 0.5) is 10.1 Å². The quantitative estimate of drug-likeness (QED) is 0.946. The molecule has 0 aliphatic carbocycles. The van der Waals surface area contributed by atoms with E-state index in [9.17, 15) is 14.0 Å². The normalized spacial score (nSPS) is 17.8. The van der Waals surface area contributed by atoms with Crippen LogP contribution in [0.2, 0.25) is 0 Å². The first-order chi connectivity index (χ1) is 10.5. The van der Waals surface area contributed by atoms with Crippen molar-refractivity contribution < 1.29 is 14.0 Å². The van der Waals surface area contributed by atoms with Gasteiger partial charge in [-0.25, -0.2) is 4.39 Å². The Morgan fingerprint density at radius 1 is 1.27 bits per heavy atom. The van der Waals surface area contributed by atoms with Crippen LogP contribution in [0.25, 0.3) is 0 Å². The van der Waals surface area contributed by atoms with Gasteiger partial charge in [-0.15, -0.1) is 11.3 Å². The predicted molar refractivity (Wildman–Crippen MR) is 83.7 cm³/mol. The molecule has 1 saturated heterocycles. The molecule has 0 radical (unpaired) electrons. The first kappa shape index (κ1) is 14.7. The van der Waals surface area contributed by atoms with Gasteiger partial charge in [0.2, 0.25) is 5.91 Å². The standard InChI is InChI=1S/C16H15FN2O2S/c1-10-2-7-14(22-10)15(20)18-13-8-9-19(16(13)21)12-5-3-11(17)4-6-12/h2-7,13H,8-9H2,1H3,(H,18,20)/t13-/m1/s1. The Balaban J connectivity index is 1.68. The number of carbonyl (C=O) groups excluding carboxylic acids is 2. The van der Waals surface area contributed by atoms with E-state index < -0.39 is 6.04 Å². The van der Waals surface area contributed by atoms with E-state index in [1.165, 1.54) is 23.5 Å². The van der Waals surface area contributed by atoms with Crippen LogP contribution in [0.5, 0.6) is 0 Å². The first-order valence-corrected chi connectivity index (χ1v) is 7.80. The van der Waals surface area contributed by atoms with E-state index in [-0.39, 0.29) is 17.6 Å². The van der Waals surface area contributed by atoms with Crippen molar-refractivity contribution in [3.05, 3.63) is 52.0 Å². The number of halogens is 1. The molecule has 0 saturated carbocycles. The highest BCUT2D eigenvalue weighted by atomic mass is 32.1. The summed E-state index contributed by atoms with van der Waals surface area (Å²) in [5.74, 6) is -0.723. The molecule has 6 heteroatoms. The van der Waals surface area contributed by atoms with Gasteiger partial charge in [-0.2, -0.15) is 0 Å². The third-order valence-corrected chi connectivity index (χ3v) is 4.61. The fraction of sp³-hybridized carbons (Fsp3) is 0.250. The monoisotopic (exact) mass is 318 g/mol. The molecule has 1 aromatic carbocycles. The lowest BCUT2D eigenvalue weighted by Gasteiger charge is -2.17. The zero-order chi connectivity index (χ0) is 15.7. The predicted octanol–water partition coefficient (Wildman–Crippen LogP) is 2.73. The summed E-state index contributed by atoms with van der Waals surface area (Å²) in [5.41, 5.74) is 0.648. The lowest BCUT2D eigenvalue weighted by atomic mass is 10.2. The Labute approximate surface area is 131 Å². The number of rotatable bonds is 3. The highest BCUT2D eigenvalue weighted by Crippen LogP contribution is 2.22. The topological polar surface area (TPSA) is 49.4 Å². The van der Waals surface area contributed by atoms with E-state index >= 15 is 0 Å². The number of thiophene rings is 1. The zero-order valence-electron chi connectivity index (χ0n) is 12.0. The number of nitrogens with one attached hydrogen (secondary N) is 1. The number of hydrogen-bond acceptors (Lipinski definition) is 3. The summed E-state index contributed by atoms with van der Waals surface area (Å²) in [6.45, 7) is 2.44. The summed E-state index contributed by atoms with van der Waals surface area (Å²) in [5, 5.41) is 2.78. The van der Waals surface area contributed by atoms with Gasteiger partial charge in [-0.3, -0.25) is 9.59 Å². The molecule has 3 rings (SSSR count). The van der Waals surface area contributed by atoms with Crippen molar-refractivity contribution >= 4 is 28.8 Å². The van der Waals surface area contributed by atoms with Gasteiger partial charge in [0, 0.05) is 17.1 Å². The molecule has 0 unspecified atom stereocenters. The Morgan fingerprint density at radius 2 is 2.00 bits per heavy atom. The molecule has 1 aliphatic rings. The summed E-state index contributed by atoms with van der Waals surface area (Å²) in [6.07, 6.45) is 0.548. The minimum atomic E-state index is -0.528. The third-order valence-electron chi connectivity index (χ3n) is 3.61. The molecule has 2 amide bonds. The smallest absolute Gasteiger partial charge is 0.262 e. The van der Waals surface area contributed by atoms with Crippen LogP contribution in [0.3, 0.4) is 0 Å². The van der Waals surface area contributed by atoms with Gasteiger partial charge in [0.15, 0.2) is 0 Å². The van der Waals surface area contributed by atoms with Crippen molar-refractivity contribution in [3.8, 4) is 0 Å². The molecule has 1 atom stereocenters. The maximum atomic E-state index is 12.9. The Hall–Kier alpha value is -2.21. The molecule has 4 nitrogen and oxygen atoms in total. The van der Waals surface area contributed by atoms with Gasteiger partial charge in [-0.05, 0) is 49.7 Å². The number of aryl methyl sites for hydroxylation is 1. The Bertz CT molecular complexity index is 711. The summed E-state index contributed by atoms with van der Waals surface area (Å²) >= 11 is 1.40. The molecule has 1 aromatic heterocycles. The fourth-order valence-electron chi connectivity index (χ4n) is 2.48. The van der Waals surface area contributed by atoms with Gasteiger partial charge in [0.1, 0.15) is 11.9 Å².